The zero-order valence-corrected chi connectivity index (χ0v) is 7.78. The summed E-state index contributed by atoms with van der Waals surface area (Å²) in [6, 6.07) is 0. The van der Waals surface area contributed by atoms with Crippen LogP contribution in [0.4, 0.5) is 4.79 Å². The first-order valence-corrected chi connectivity index (χ1v) is 3.61. The quantitative estimate of drug-likeness (QED) is 0.542. The van der Waals surface area contributed by atoms with Gasteiger partial charge in [-0.05, 0) is 0 Å². The summed E-state index contributed by atoms with van der Waals surface area (Å²) < 4.78 is 0.945. The highest BCUT2D eigenvalue weighted by Crippen LogP contribution is 1.90. The van der Waals surface area contributed by atoms with Crippen molar-refractivity contribution in [1.29, 1.82) is 0 Å². The van der Waals surface area contributed by atoms with Gasteiger partial charge in [-0.1, -0.05) is 0 Å². The summed E-state index contributed by atoms with van der Waals surface area (Å²) in [7, 11) is 6.36. The Morgan fingerprint density at radius 3 is 1.83 bits per heavy atom. The molecule has 0 aromatic heterocycles. The SMILES string of the molecule is C[N+](C)(C)CCCO.O=C([O-])O. The van der Waals surface area contributed by atoms with Gasteiger partial charge in [-0.2, -0.15) is 0 Å². The number of hydrogen-bond acceptors (Lipinski definition) is 3. The van der Waals surface area contributed by atoms with Gasteiger partial charge in [0.2, 0.25) is 6.16 Å². The Labute approximate surface area is 72.4 Å². The molecular formula is C7H17NO4. The van der Waals surface area contributed by atoms with Gasteiger partial charge < -0.3 is 24.6 Å². The maximum absolute atomic E-state index is 8.44. The van der Waals surface area contributed by atoms with E-state index in [9.17, 15) is 0 Å². The van der Waals surface area contributed by atoms with Gasteiger partial charge in [0.15, 0.2) is 0 Å². The average Bonchev–Trinajstić information content (AvgIpc) is 1.80. The van der Waals surface area contributed by atoms with Gasteiger partial charge in [0.05, 0.1) is 27.7 Å². The van der Waals surface area contributed by atoms with Gasteiger partial charge in [0.25, 0.3) is 0 Å². The van der Waals surface area contributed by atoms with Crippen molar-refractivity contribution in [2.75, 3.05) is 34.3 Å². The van der Waals surface area contributed by atoms with Crippen LogP contribution in [0.5, 0.6) is 0 Å². The van der Waals surface area contributed by atoms with Crippen LogP contribution in [-0.2, 0) is 0 Å². The fraction of sp³-hybridized carbons (Fsp3) is 0.857. The van der Waals surface area contributed by atoms with E-state index >= 15 is 0 Å². The van der Waals surface area contributed by atoms with Crippen LogP contribution >= 0.6 is 0 Å². The van der Waals surface area contributed by atoms with Crippen molar-refractivity contribution in [3.8, 4) is 0 Å². The van der Waals surface area contributed by atoms with Crippen LogP contribution in [0.3, 0.4) is 0 Å². The van der Waals surface area contributed by atoms with Crippen molar-refractivity contribution in [3.63, 3.8) is 0 Å². The highest BCUT2D eigenvalue weighted by Gasteiger charge is 2.03. The van der Waals surface area contributed by atoms with Crippen LogP contribution in [0, 0.1) is 0 Å². The topological polar surface area (TPSA) is 80.6 Å². The van der Waals surface area contributed by atoms with Crippen LogP contribution < -0.4 is 5.11 Å². The standard InChI is InChI=1S/C6H16NO.CH2O3/c1-7(2,3)5-4-6-8;2-1(3)4/h8H,4-6H2,1-3H3;(H2,2,3,4)/q+1;/p-1. The van der Waals surface area contributed by atoms with Gasteiger partial charge in [-0.25, -0.2) is 0 Å². The predicted molar refractivity (Wildman–Crippen MR) is 42.6 cm³/mol. The third-order valence-corrected chi connectivity index (χ3v) is 0.987. The molecule has 0 aliphatic heterocycles. The van der Waals surface area contributed by atoms with E-state index in [1.165, 1.54) is 0 Å². The second-order valence-electron chi connectivity index (χ2n) is 3.36. The van der Waals surface area contributed by atoms with Gasteiger partial charge in [-0.3, -0.25) is 0 Å². The maximum atomic E-state index is 8.44. The first-order valence-electron chi connectivity index (χ1n) is 3.61. The number of carboxylic acid groups (broad SMARTS) is 2. The van der Waals surface area contributed by atoms with Gasteiger partial charge in [-0.15, -0.1) is 0 Å². The molecule has 0 spiro atoms. The summed E-state index contributed by atoms with van der Waals surface area (Å²) in [4.78, 5) is 8.44. The number of nitrogens with zero attached hydrogens (tertiary/aromatic N) is 1. The molecule has 0 bridgehead atoms. The summed E-state index contributed by atoms with van der Waals surface area (Å²) in [6.45, 7) is 1.37. The number of carbonyl (C=O) groups is 1. The van der Waals surface area contributed by atoms with E-state index in [0.29, 0.717) is 6.61 Å². The molecule has 2 N–H and O–H groups in total. The normalized spacial score (nSPS) is 10.0. The maximum Gasteiger partial charge on any atom is 0.249 e. The van der Waals surface area contributed by atoms with Crippen molar-refractivity contribution in [2.45, 2.75) is 6.42 Å². The van der Waals surface area contributed by atoms with Crippen molar-refractivity contribution in [3.05, 3.63) is 0 Å². The van der Waals surface area contributed by atoms with Crippen molar-refractivity contribution >= 4 is 6.16 Å². The highest BCUT2D eigenvalue weighted by atomic mass is 16.6. The van der Waals surface area contributed by atoms with E-state index in [0.717, 1.165) is 17.4 Å². The molecule has 0 aromatic rings. The van der Waals surface area contributed by atoms with Crippen LogP contribution in [-0.4, -0.2) is 55.1 Å². The third kappa shape index (κ3) is 35.1. The zero-order chi connectivity index (χ0) is 10.2. The molecule has 0 aliphatic rings. The van der Waals surface area contributed by atoms with Crippen molar-refractivity contribution in [1.82, 2.24) is 0 Å². The Hall–Kier alpha value is -0.810. The van der Waals surface area contributed by atoms with Crippen LogP contribution in [0.2, 0.25) is 0 Å². The lowest BCUT2D eigenvalue weighted by Gasteiger charge is -2.22. The van der Waals surface area contributed by atoms with E-state index in [-0.39, 0.29) is 0 Å². The minimum Gasteiger partial charge on any atom is -0.565 e. The number of aliphatic hydroxyl groups excluding tert-OH is 1. The van der Waals surface area contributed by atoms with Crippen LogP contribution in [0.15, 0.2) is 0 Å². The van der Waals surface area contributed by atoms with Crippen molar-refractivity contribution < 1.29 is 24.6 Å². The summed E-state index contributed by atoms with van der Waals surface area (Å²) >= 11 is 0. The molecule has 0 aliphatic carbocycles. The lowest BCUT2D eigenvalue weighted by Crippen LogP contribution is -2.35. The molecule has 0 amide bonds. The summed E-state index contributed by atoms with van der Waals surface area (Å²) in [6.07, 6.45) is -1.18. The molecule has 5 heteroatoms. The van der Waals surface area contributed by atoms with Crippen LogP contribution in [0.1, 0.15) is 6.42 Å². The monoisotopic (exact) mass is 179 g/mol. The van der Waals surface area contributed by atoms with E-state index in [4.69, 9.17) is 20.1 Å². The van der Waals surface area contributed by atoms with Gasteiger partial charge in [0.1, 0.15) is 0 Å². The first kappa shape index (κ1) is 13.8. The molecule has 0 saturated heterocycles. The molecule has 0 radical (unpaired) electrons. The molecule has 0 atom stereocenters. The minimum absolute atomic E-state index is 0.315. The fourth-order valence-electron chi connectivity index (χ4n) is 0.545. The molecule has 0 aromatic carbocycles. The van der Waals surface area contributed by atoms with E-state index in [1.807, 2.05) is 0 Å². The fourth-order valence-corrected chi connectivity index (χ4v) is 0.545. The number of quaternary nitrogens is 1. The minimum atomic E-state index is -2.08. The highest BCUT2D eigenvalue weighted by molar-refractivity contribution is 5.50. The Morgan fingerprint density at radius 2 is 1.75 bits per heavy atom. The average molecular weight is 179 g/mol. The molecule has 0 rings (SSSR count). The van der Waals surface area contributed by atoms with E-state index in [2.05, 4.69) is 21.1 Å². The molecule has 74 valence electrons. The van der Waals surface area contributed by atoms with E-state index < -0.39 is 6.16 Å². The second kappa shape index (κ2) is 6.87. The Kier molecular flexibility index (Phi) is 7.88. The molecule has 0 heterocycles. The number of rotatable bonds is 3. The summed E-state index contributed by atoms with van der Waals surface area (Å²) in [5.41, 5.74) is 0. The molecule has 0 saturated carbocycles. The smallest absolute Gasteiger partial charge is 0.249 e. The van der Waals surface area contributed by atoms with E-state index in [1.54, 1.807) is 0 Å². The Bertz CT molecular complexity index is 115. The molecule has 12 heavy (non-hydrogen) atoms. The third-order valence-electron chi connectivity index (χ3n) is 0.987. The Balaban J connectivity index is 0. The summed E-state index contributed by atoms with van der Waals surface area (Å²) in [5, 5.41) is 23.7. The number of aliphatic hydroxyl groups is 1. The largest absolute Gasteiger partial charge is 0.565 e. The van der Waals surface area contributed by atoms with Crippen LogP contribution in [0.25, 0.3) is 0 Å². The lowest BCUT2D eigenvalue weighted by molar-refractivity contribution is -0.870. The van der Waals surface area contributed by atoms with Gasteiger partial charge >= 0.3 is 0 Å². The van der Waals surface area contributed by atoms with Gasteiger partial charge in [0, 0.05) is 13.0 Å². The van der Waals surface area contributed by atoms with Crippen molar-refractivity contribution in [2.24, 2.45) is 0 Å². The Morgan fingerprint density at radius 1 is 1.42 bits per heavy atom. The molecule has 0 unspecified atom stereocenters. The zero-order valence-electron chi connectivity index (χ0n) is 7.78. The molecule has 0 fully saturated rings. The second-order valence-corrected chi connectivity index (χ2v) is 3.36. The predicted octanol–water partition coefficient (Wildman–Crippen LogP) is -1.04. The molecule has 5 nitrogen and oxygen atoms in total. The molecular weight excluding hydrogens is 162 g/mol. The number of hydrogen-bond donors (Lipinski definition) is 2. The first-order chi connectivity index (χ1) is 5.29. The lowest BCUT2D eigenvalue weighted by atomic mass is 10.4. The summed E-state index contributed by atoms with van der Waals surface area (Å²) in [5.74, 6) is 0.